The van der Waals surface area contributed by atoms with Gasteiger partial charge in [-0.3, -0.25) is 4.99 Å². The first-order valence-electron chi connectivity index (χ1n) is 10.7. The zero-order valence-electron chi connectivity index (χ0n) is 17.4. The molecule has 1 saturated heterocycles. The molecule has 2 unspecified atom stereocenters. The van der Waals surface area contributed by atoms with Crippen LogP contribution < -0.4 is 0 Å². The van der Waals surface area contributed by atoms with Gasteiger partial charge in [0.15, 0.2) is 5.60 Å². The highest BCUT2D eigenvalue weighted by molar-refractivity contribution is 6.01. The van der Waals surface area contributed by atoms with Crippen LogP contribution in [-0.4, -0.2) is 11.9 Å². The molecule has 0 N–H and O–H groups in total. The summed E-state index contributed by atoms with van der Waals surface area (Å²) in [5.41, 5.74) is 5.52. The third-order valence-electron chi connectivity index (χ3n) is 6.84. The fraction of sp³-hybridized carbons (Fsp3) is 0.296. The van der Waals surface area contributed by atoms with Gasteiger partial charge in [0, 0.05) is 11.1 Å². The minimum atomic E-state index is -0.525. The van der Waals surface area contributed by atoms with E-state index >= 15 is 0 Å². The molecule has 0 saturated carbocycles. The van der Waals surface area contributed by atoms with E-state index in [1.807, 2.05) is 0 Å². The van der Waals surface area contributed by atoms with Crippen LogP contribution in [0.1, 0.15) is 50.3 Å². The average molecular weight is 382 g/mol. The van der Waals surface area contributed by atoms with Crippen molar-refractivity contribution in [1.29, 1.82) is 0 Å². The normalized spacial score (nSPS) is 23.2. The Morgan fingerprint density at radius 3 is 1.90 bits per heavy atom. The number of hydrogen-bond donors (Lipinski definition) is 0. The molecule has 3 aromatic carbocycles. The van der Waals surface area contributed by atoms with Gasteiger partial charge >= 0.3 is 0 Å². The van der Waals surface area contributed by atoms with Gasteiger partial charge in [-0.1, -0.05) is 92.7 Å². The second-order valence-corrected chi connectivity index (χ2v) is 8.19. The van der Waals surface area contributed by atoms with Gasteiger partial charge in [-0.2, -0.15) is 0 Å². The SMILES string of the molecule is CCC(C)N=C1OC2(c3ccccc3-c3ccccc32)C1(CC)c1ccccc1. The molecule has 0 amide bonds. The van der Waals surface area contributed by atoms with Crippen LogP contribution >= 0.6 is 0 Å². The maximum absolute atomic E-state index is 6.82. The van der Waals surface area contributed by atoms with Crippen molar-refractivity contribution in [3.05, 3.63) is 95.6 Å². The molecule has 1 aliphatic heterocycles. The maximum atomic E-state index is 6.82. The quantitative estimate of drug-likeness (QED) is 0.506. The Kier molecular flexibility index (Phi) is 4.13. The summed E-state index contributed by atoms with van der Waals surface area (Å²) in [4.78, 5) is 5.06. The van der Waals surface area contributed by atoms with Crippen LogP contribution in [-0.2, 0) is 15.8 Å². The van der Waals surface area contributed by atoms with Crippen LogP contribution in [0.25, 0.3) is 11.1 Å². The molecule has 2 atom stereocenters. The van der Waals surface area contributed by atoms with Crippen molar-refractivity contribution in [2.75, 3.05) is 0 Å². The van der Waals surface area contributed by atoms with E-state index < -0.39 is 5.60 Å². The molecule has 2 nitrogen and oxygen atoms in total. The second-order valence-electron chi connectivity index (χ2n) is 8.19. The molecule has 1 fully saturated rings. The van der Waals surface area contributed by atoms with E-state index in [2.05, 4.69) is 99.6 Å². The summed E-state index contributed by atoms with van der Waals surface area (Å²) >= 11 is 0. The number of rotatable bonds is 4. The van der Waals surface area contributed by atoms with E-state index in [-0.39, 0.29) is 11.5 Å². The van der Waals surface area contributed by atoms with E-state index in [1.54, 1.807) is 0 Å². The van der Waals surface area contributed by atoms with Crippen molar-refractivity contribution in [2.24, 2.45) is 4.99 Å². The van der Waals surface area contributed by atoms with Gasteiger partial charge in [-0.15, -0.1) is 0 Å². The molecule has 3 aromatic rings. The van der Waals surface area contributed by atoms with Crippen molar-refractivity contribution in [3.63, 3.8) is 0 Å². The highest BCUT2D eigenvalue weighted by atomic mass is 16.5. The number of fused-ring (bicyclic) bond motifs is 5. The van der Waals surface area contributed by atoms with Crippen molar-refractivity contribution in [2.45, 2.75) is 50.7 Å². The lowest BCUT2D eigenvalue weighted by molar-refractivity contribution is -0.0539. The fourth-order valence-electron chi connectivity index (χ4n) is 5.27. The molecular weight excluding hydrogens is 354 g/mol. The minimum absolute atomic E-state index is 0.240. The monoisotopic (exact) mass is 381 g/mol. The Morgan fingerprint density at radius 2 is 1.34 bits per heavy atom. The standard InChI is InChI=1S/C27H27NO/c1-4-19(3)28-25-26(5-2,20-13-7-6-8-14-20)27(29-25)23-17-11-9-15-21(23)22-16-10-12-18-24(22)27/h6-19H,4-5H2,1-3H3. The molecular formula is C27H27NO. The molecule has 1 spiro atoms. The van der Waals surface area contributed by atoms with Crippen LogP contribution in [0.3, 0.4) is 0 Å². The Morgan fingerprint density at radius 1 is 0.793 bits per heavy atom. The summed E-state index contributed by atoms with van der Waals surface area (Å²) < 4.78 is 6.82. The number of benzene rings is 3. The predicted molar refractivity (Wildman–Crippen MR) is 119 cm³/mol. The third-order valence-corrected chi connectivity index (χ3v) is 6.84. The van der Waals surface area contributed by atoms with Crippen molar-refractivity contribution in [3.8, 4) is 11.1 Å². The molecule has 0 radical (unpaired) electrons. The molecule has 146 valence electrons. The van der Waals surface area contributed by atoms with Crippen molar-refractivity contribution in [1.82, 2.24) is 0 Å². The summed E-state index contributed by atoms with van der Waals surface area (Å²) in [5.74, 6) is 0.882. The topological polar surface area (TPSA) is 21.6 Å². The lowest BCUT2D eigenvalue weighted by Crippen LogP contribution is -2.67. The summed E-state index contributed by atoms with van der Waals surface area (Å²) in [6, 6.07) is 28.5. The lowest BCUT2D eigenvalue weighted by Gasteiger charge is -2.58. The Labute approximate surface area is 173 Å². The first-order valence-corrected chi connectivity index (χ1v) is 10.7. The van der Waals surface area contributed by atoms with Gasteiger partial charge in [-0.25, -0.2) is 0 Å². The molecule has 29 heavy (non-hydrogen) atoms. The number of aliphatic imine (C=N–C) groups is 1. The summed E-state index contributed by atoms with van der Waals surface area (Å²) in [6.45, 7) is 6.62. The number of ether oxygens (including phenoxy) is 1. The van der Waals surface area contributed by atoms with Crippen LogP contribution in [0, 0.1) is 0 Å². The summed E-state index contributed by atoms with van der Waals surface area (Å²) in [6.07, 6.45) is 1.93. The van der Waals surface area contributed by atoms with Crippen molar-refractivity contribution >= 4 is 5.90 Å². The third kappa shape index (κ3) is 2.20. The fourth-order valence-corrected chi connectivity index (χ4v) is 5.27. The second kappa shape index (κ2) is 6.59. The highest BCUT2D eigenvalue weighted by Crippen LogP contribution is 2.66. The zero-order valence-corrected chi connectivity index (χ0v) is 17.4. The molecule has 1 aliphatic carbocycles. The average Bonchev–Trinajstić information content (AvgIpc) is 3.07. The smallest absolute Gasteiger partial charge is 0.200 e. The van der Waals surface area contributed by atoms with Crippen LogP contribution in [0.5, 0.6) is 0 Å². The Bertz CT molecular complexity index is 1040. The highest BCUT2D eigenvalue weighted by Gasteiger charge is 2.71. The summed E-state index contributed by atoms with van der Waals surface area (Å²) in [7, 11) is 0. The molecule has 5 rings (SSSR count). The Hall–Kier alpha value is -2.87. The van der Waals surface area contributed by atoms with E-state index in [0.29, 0.717) is 0 Å². The van der Waals surface area contributed by atoms with Crippen LogP contribution in [0.15, 0.2) is 83.9 Å². The minimum Gasteiger partial charge on any atom is -0.462 e. The van der Waals surface area contributed by atoms with E-state index in [1.165, 1.54) is 27.8 Å². The van der Waals surface area contributed by atoms with Crippen LogP contribution in [0.4, 0.5) is 0 Å². The maximum Gasteiger partial charge on any atom is 0.200 e. The first-order chi connectivity index (χ1) is 14.2. The van der Waals surface area contributed by atoms with Gasteiger partial charge in [0.2, 0.25) is 5.90 Å². The van der Waals surface area contributed by atoms with E-state index in [4.69, 9.17) is 9.73 Å². The molecule has 2 aliphatic rings. The van der Waals surface area contributed by atoms with Crippen molar-refractivity contribution < 1.29 is 4.74 Å². The van der Waals surface area contributed by atoms with E-state index in [9.17, 15) is 0 Å². The van der Waals surface area contributed by atoms with Gasteiger partial charge in [0.05, 0.1) is 6.04 Å². The Balaban J connectivity index is 1.85. The molecule has 0 bridgehead atoms. The van der Waals surface area contributed by atoms with Gasteiger partial charge in [0.25, 0.3) is 0 Å². The van der Waals surface area contributed by atoms with Gasteiger partial charge in [0.1, 0.15) is 5.41 Å². The number of hydrogen-bond acceptors (Lipinski definition) is 2. The van der Waals surface area contributed by atoms with Gasteiger partial charge in [-0.05, 0) is 36.5 Å². The van der Waals surface area contributed by atoms with Crippen LogP contribution in [0.2, 0.25) is 0 Å². The van der Waals surface area contributed by atoms with E-state index in [0.717, 1.165) is 18.7 Å². The molecule has 1 heterocycles. The molecule has 0 aromatic heterocycles. The van der Waals surface area contributed by atoms with Gasteiger partial charge < -0.3 is 4.74 Å². The number of nitrogens with zero attached hydrogens (tertiary/aromatic N) is 1. The zero-order chi connectivity index (χ0) is 20.1. The first kappa shape index (κ1) is 18.2. The molecule has 2 heteroatoms. The lowest BCUT2D eigenvalue weighted by atomic mass is 9.57. The predicted octanol–water partition coefficient (Wildman–Crippen LogP) is 6.49. The summed E-state index contributed by atoms with van der Waals surface area (Å²) in [5, 5.41) is 0. The largest absolute Gasteiger partial charge is 0.462 e.